The number of carbonyl (C=O) groups is 4. The summed E-state index contributed by atoms with van der Waals surface area (Å²) in [6, 6.07) is 20.6. The van der Waals surface area contributed by atoms with Crippen LogP contribution in [0.25, 0.3) is 11.1 Å². The fourth-order valence-corrected chi connectivity index (χ4v) is 4.89. The first-order valence-electron chi connectivity index (χ1n) is 11.3. The minimum absolute atomic E-state index is 0.302. The van der Waals surface area contributed by atoms with Crippen LogP contribution in [0.1, 0.15) is 34.5 Å². The number of benzene rings is 3. The van der Waals surface area contributed by atoms with Crippen LogP contribution < -0.4 is 11.1 Å². The zero-order valence-electron chi connectivity index (χ0n) is 19.1. The van der Waals surface area contributed by atoms with E-state index in [0.29, 0.717) is 11.3 Å². The van der Waals surface area contributed by atoms with E-state index in [1.54, 1.807) is 31.2 Å². The lowest BCUT2D eigenvalue weighted by atomic mass is 10.0. The number of rotatable bonds is 5. The van der Waals surface area contributed by atoms with Gasteiger partial charge in [0.1, 0.15) is 19.1 Å². The van der Waals surface area contributed by atoms with Crippen LogP contribution in [-0.4, -0.2) is 52.6 Å². The van der Waals surface area contributed by atoms with Crippen LogP contribution in [0.5, 0.6) is 0 Å². The van der Waals surface area contributed by atoms with E-state index >= 15 is 0 Å². The lowest BCUT2D eigenvalue weighted by Gasteiger charge is -2.33. The third-order valence-electron chi connectivity index (χ3n) is 6.59. The van der Waals surface area contributed by atoms with Gasteiger partial charge in [0.15, 0.2) is 0 Å². The highest BCUT2D eigenvalue weighted by Gasteiger charge is 2.39. The molecular weight excluding hydrogens is 444 g/mol. The third-order valence-corrected chi connectivity index (χ3v) is 6.59. The zero-order valence-corrected chi connectivity index (χ0v) is 19.1. The molecule has 0 aromatic heterocycles. The molecule has 8 heteroatoms. The lowest BCUT2D eigenvalue weighted by molar-refractivity contribution is -0.138. The van der Waals surface area contributed by atoms with Crippen molar-refractivity contribution in [3.8, 4) is 11.1 Å². The third kappa shape index (κ3) is 3.82. The van der Waals surface area contributed by atoms with E-state index < -0.39 is 35.7 Å². The molecule has 8 nitrogen and oxygen atoms in total. The average molecular weight is 469 g/mol. The number of nitrogens with one attached hydrogen (secondary N) is 1. The van der Waals surface area contributed by atoms with E-state index in [0.717, 1.165) is 22.3 Å². The molecule has 0 spiro atoms. The van der Waals surface area contributed by atoms with Crippen molar-refractivity contribution >= 4 is 29.3 Å². The van der Waals surface area contributed by atoms with Crippen LogP contribution in [0.15, 0.2) is 72.8 Å². The summed E-state index contributed by atoms with van der Waals surface area (Å²) in [6.45, 7) is 0.867. The van der Waals surface area contributed by atoms with E-state index in [1.807, 2.05) is 48.5 Å². The minimum atomic E-state index is -0.891. The molecule has 3 aromatic rings. The summed E-state index contributed by atoms with van der Waals surface area (Å²) in [5, 5.41) is 2.75. The van der Waals surface area contributed by atoms with Gasteiger partial charge in [0.05, 0.1) is 17.3 Å². The van der Waals surface area contributed by atoms with Crippen molar-refractivity contribution in [3.63, 3.8) is 0 Å². The summed E-state index contributed by atoms with van der Waals surface area (Å²) < 4.78 is 0. The molecule has 0 fully saturated rings. The number of primary amides is 1. The van der Waals surface area contributed by atoms with Crippen molar-refractivity contribution in [2.24, 2.45) is 5.73 Å². The molecule has 1 atom stereocenters. The van der Waals surface area contributed by atoms with Crippen molar-refractivity contribution in [3.05, 3.63) is 89.5 Å². The molecule has 0 unspecified atom stereocenters. The normalized spacial score (nSPS) is 16.6. The summed E-state index contributed by atoms with van der Waals surface area (Å²) in [6.07, 6.45) is 0. The van der Waals surface area contributed by atoms with Crippen LogP contribution >= 0.6 is 0 Å². The molecule has 2 aliphatic rings. The number of nitrogens with zero attached hydrogens (tertiary/aromatic N) is 2. The second-order valence-corrected chi connectivity index (χ2v) is 8.71. The molecular formula is C27H24N4O4. The van der Waals surface area contributed by atoms with Gasteiger partial charge in [-0.05, 0) is 41.3 Å². The summed E-state index contributed by atoms with van der Waals surface area (Å²) >= 11 is 0. The molecule has 4 amide bonds. The molecule has 0 bridgehead atoms. The molecule has 0 radical (unpaired) electrons. The Morgan fingerprint density at radius 2 is 1.43 bits per heavy atom. The Morgan fingerprint density at radius 1 is 0.886 bits per heavy atom. The maximum Gasteiger partial charge on any atom is 0.257 e. The summed E-state index contributed by atoms with van der Waals surface area (Å²) in [7, 11) is 0. The van der Waals surface area contributed by atoms with E-state index in [9.17, 15) is 19.2 Å². The molecule has 176 valence electrons. The Hall–Kier alpha value is -4.46. The van der Waals surface area contributed by atoms with Crippen LogP contribution in [-0.2, 0) is 14.4 Å². The number of amides is 4. The maximum atomic E-state index is 13.8. The van der Waals surface area contributed by atoms with Crippen molar-refractivity contribution in [1.82, 2.24) is 9.80 Å². The van der Waals surface area contributed by atoms with Crippen molar-refractivity contribution in [1.29, 1.82) is 0 Å². The molecule has 0 saturated heterocycles. The van der Waals surface area contributed by atoms with Gasteiger partial charge in [0, 0.05) is 0 Å². The molecule has 0 saturated carbocycles. The van der Waals surface area contributed by atoms with E-state index in [1.165, 1.54) is 9.80 Å². The molecule has 1 aliphatic heterocycles. The van der Waals surface area contributed by atoms with Crippen molar-refractivity contribution in [2.75, 3.05) is 18.4 Å². The van der Waals surface area contributed by atoms with Gasteiger partial charge in [-0.1, -0.05) is 60.7 Å². The van der Waals surface area contributed by atoms with Gasteiger partial charge in [0.25, 0.3) is 5.91 Å². The quantitative estimate of drug-likeness (QED) is 0.599. The molecule has 5 rings (SSSR count). The topological polar surface area (TPSA) is 113 Å². The second kappa shape index (κ2) is 8.72. The molecule has 3 N–H and O–H groups in total. The van der Waals surface area contributed by atoms with Gasteiger partial charge in [-0.15, -0.1) is 0 Å². The van der Waals surface area contributed by atoms with Gasteiger partial charge in [0.2, 0.25) is 17.7 Å². The Labute approximate surface area is 202 Å². The number of carbonyl (C=O) groups excluding carboxylic acids is 4. The second-order valence-electron chi connectivity index (χ2n) is 8.71. The van der Waals surface area contributed by atoms with Gasteiger partial charge in [-0.25, -0.2) is 0 Å². The lowest BCUT2D eigenvalue weighted by Crippen LogP contribution is -2.51. The van der Waals surface area contributed by atoms with E-state index in [-0.39, 0.29) is 13.1 Å². The Kier molecular flexibility index (Phi) is 5.56. The van der Waals surface area contributed by atoms with Gasteiger partial charge < -0.3 is 20.9 Å². The van der Waals surface area contributed by atoms with E-state index in [4.69, 9.17) is 5.73 Å². The molecule has 3 aromatic carbocycles. The maximum absolute atomic E-state index is 13.8. The van der Waals surface area contributed by atoms with Gasteiger partial charge in [-0.2, -0.15) is 0 Å². The summed E-state index contributed by atoms with van der Waals surface area (Å²) in [5.41, 5.74) is 9.96. The van der Waals surface area contributed by atoms with Gasteiger partial charge in [-0.3, -0.25) is 19.2 Å². The predicted molar refractivity (Wildman–Crippen MR) is 130 cm³/mol. The Bertz CT molecular complexity index is 1320. The molecule has 35 heavy (non-hydrogen) atoms. The number of hydrogen-bond acceptors (Lipinski definition) is 4. The largest absolute Gasteiger partial charge is 0.368 e. The number of fused-ring (bicyclic) bond motifs is 4. The van der Waals surface area contributed by atoms with Crippen molar-refractivity contribution in [2.45, 2.75) is 19.0 Å². The Balaban J connectivity index is 1.53. The first-order chi connectivity index (χ1) is 16.9. The standard InChI is InChI=1S/C27H24N4O4/c1-16-26(34)29-22-13-7-6-12-21(22)27(35)30(16)15-24(33)31(14-23(28)32)25-19-10-4-2-8-17(19)18-9-3-5-11-20(18)25/h2-13,16,25H,14-15H2,1H3,(H2,28,32)(H,29,34)/t16-/m0/s1. The highest BCUT2D eigenvalue weighted by Crippen LogP contribution is 2.46. The van der Waals surface area contributed by atoms with Gasteiger partial charge >= 0.3 is 0 Å². The average Bonchev–Trinajstić information content (AvgIpc) is 3.15. The number of nitrogens with two attached hydrogens (primary N) is 1. The molecule has 1 heterocycles. The fraction of sp³-hybridized carbons (Fsp3) is 0.185. The minimum Gasteiger partial charge on any atom is -0.368 e. The highest BCUT2D eigenvalue weighted by atomic mass is 16.2. The van der Waals surface area contributed by atoms with Crippen molar-refractivity contribution < 1.29 is 19.2 Å². The predicted octanol–water partition coefficient (Wildman–Crippen LogP) is 2.55. The van der Waals surface area contributed by atoms with E-state index in [2.05, 4.69) is 5.32 Å². The Morgan fingerprint density at radius 3 is 2.03 bits per heavy atom. The van der Waals surface area contributed by atoms with Crippen LogP contribution in [0.4, 0.5) is 5.69 Å². The molecule has 1 aliphatic carbocycles. The summed E-state index contributed by atoms with van der Waals surface area (Å²) in [5.74, 6) is -1.98. The number of anilines is 1. The highest BCUT2D eigenvalue weighted by molar-refractivity contribution is 6.10. The van der Waals surface area contributed by atoms with Crippen LogP contribution in [0.3, 0.4) is 0 Å². The first-order valence-corrected chi connectivity index (χ1v) is 11.3. The number of para-hydroxylation sites is 1. The van der Waals surface area contributed by atoms with Crippen LogP contribution in [0.2, 0.25) is 0 Å². The zero-order chi connectivity index (χ0) is 24.7. The summed E-state index contributed by atoms with van der Waals surface area (Å²) in [4.78, 5) is 54.6. The monoisotopic (exact) mass is 468 g/mol. The first kappa shape index (κ1) is 22.3. The smallest absolute Gasteiger partial charge is 0.257 e. The SMILES string of the molecule is C[C@H]1C(=O)Nc2ccccc2C(=O)N1CC(=O)N(CC(N)=O)C1c2ccccc2-c2ccccc21. The van der Waals surface area contributed by atoms with Crippen LogP contribution in [0, 0.1) is 0 Å². The number of hydrogen-bond donors (Lipinski definition) is 2. The fourth-order valence-electron chi connectivity index (χ4n) is 4.89.